The van der Waals surface area contributed by atoms with Gasteiger partial charge >= 0.3 is 0 Å². The van der Waals surface area contributed by atoms with Crippen molar-refractivity contribution in [2.24, 2.45) is 0 Å². The van der Waals surface area contributed by atoms with Crippen LogP contribution in [-0.2, 0) is 0 Å². The van der Waals surface area contributed by atoms with Crippen LogP contribution in [0.3, 0.4) is 0 Å². The van der Waals surface area contributed by atoms with Crippen LogP contribution < -0.4 is 16.0 Å². The van der Waals surface area contributed by atoms with Crippen LogP contribution in [0.1, 0.15) is 18.9 Å². The lowest BCUT2D eigenvalue weighted by Crippen LogP contribution is -2.42. The van der Waals surface area contributed by atoms with E-state index in [-0.39, 0.29) is 17.4 Å². The number of ether oxygens (including phenoxy) is 1. The van der Waals surface area contributed by atoms with Crippen molar-refractivity contribution >= 4 is 16.7 Å². The van der Waals surface area contributed by atoms with E-state index in [9.17, 15) is 9.90 Å². The van der Waals surface area contributed by atoms with Crippen LogP contribution in [0.15, 0.2) is 78.2 Å². The van der Waals surface area contributed by atoms with E-state index in [0.717, 1.165) is 36.3 Å². The minimum absolute atomic E-state index is 0.00295. The molecule has 34 heavy (non-hydrogen) atoms. The first-order chi connectivity index (χ1) is 16.5. The number of nitrogens with one attached hydrogen (secondary N) is 1. The predicted molar refractivity (Wildman–Crippen MR) is 133 cm³/mol. The summed E-state index contributed by atoms with van der Waals surface area (Å²) in [6.07, 6.45) is 4.56. The number of anilines is 1. The second-order valence-corrected chi connectivity index (χ2v) is 8.49. The van der Waals surface area contributed by atoms with E-state index in [1.54, 1.807) is 0 Å². The average Bonchev–Trinajstić information content (AvgIpc) is 3.29. The van der Waals surface area contributed by atoms with Crippen LogP contribution in [0, 0.1) is 0 Å². The molecule has 1 aliphatic heterocycles. The lowest BCUT2D eigenvalue weighted by Gasteiger charge is -2.35. The molecule has 2 aromatic carbocycles. The van der Waals surface area contributed by atoms with Gasteiger partial charge in [-0.1, -0.05) is 36.9 Å². The van der Waals surface area contributed by atoms with E-state index in [2.05, 4.69) is 16.8 Å². The molecule has 8 nitrogen and oxygen atoms in total. The van der Waals surface area contributed by atoms with Gasteiger partial charge in [-0.2, -0.15) is 5.10 Å². The molecule has 0 bridgehead atoms. The second-order valence-electron chi connectivity index (χ2n) is 8.49. The maximum Gasteiger partial charge on any atom is 0.288 e. The molecule has 2 atom stereocenters. The van der Waals surface area contributed by atoms with Crippen molar-refractivity contribution in [2.75, 3.05) is 18.8 Å². The number of fused-ring (bicyclic) bond motifs is 1. The summed E-state index contributed by atoms with van der Waals surface area (Å²) in [6, 6.07) is 17.3. The SMILES string of the molecule is C=CC(O)N1CCC[C@@H](n2cc(-c3ccc(Oc4ccccc4)cc3)c3c(N)n[nH]c(=O)c32)C1. The number of piperidine rings is 1. The highest BCUT2D eigenvalue weighted by atomic mass is 16.5. The Kier molecular flexibility index (Phi) is 5.91. The summed E-state index contributed by atoms with van der Waals surface area (Å²) in [5, 5.41) is 17.4. The summed E-state index contributed by atoms with van der Waals surface area (Å²) in [4.78, 5) is 14.8. The first-order valence-corrected chi connectivity index (χ1v) is 11.3. The fourth-order valence-electron chi connectivity index (χ4n) is 4.67. The van der Waals surface area contributed by atoms with E-state index < -0.39 is 6.23 Å². The Morgan fingerprint density at radius 2 is 1.91 bits per heavy atom. The molecule has 174 valence electrons. The van der Waals surface area contributed by atoms with Gasteiger partial charge in [-0.15, -0.1) is 0 Å². The van der Waals surface area contributed by atoms with Crippen molar-refractivity contribution in [3.8, 4) is 22.6 Å². The number of hydrogen-bond donors (Lipinski definition) is 3. The molecule has 0 saturated carbocycles. The van der Waals surface area contributed by atoms with Gasteiger partial charge in [-0.05, 0) is 48.7 Å². The van der Waals surface area contributed by atoms with Crippen LogP contribution in [0.2, 0.25) is 0 Å². The molecule has 3 heterocycles. The molecule has 4 aromatic rings. The van der Waals surface area contributed by atoms with E-state index in [4.69, 9.17) is 10.5 Å². The lowest BCUT2D eigenvalue weighted by molar-refractivity contribution is 0.0143. The molecular weight excluding hydrogens is 430 g/mol. The first kappa shape index (κ1) is 21.9. The number of nitrogens with zero attached hydrogens (tertiary/aromatic N) is 3. The third-order valence-electron chi connectivity index (χ3n) is 6.33. The number of H-pyrrole nitrogens is 1. The molecule has 0 radical (unpaired) electrons. The maximum absolute atomic E-state index is 12.9. The number of aliphatic hydroxyl groups is 1. The standard InChI is InChI=1S/C26H27N5O3/c1-2-22(32)30-14-6-7-18(15-30)31-16-21(23-24(31)26(33)29-28-25(23)27)17-10-12-20(13-11-17)34-19-8-4-3-5-9-19/h2-5,8-13,16,18,22,32H,1,6-7,14-15H2,(H2,27,28)(H,29,33)/t18-,22?/m1/s1. The zero-order valence-corrected chi connectivity index (χ0v) is 18.7. The molecule has 0 aliphatic carbocycles. The van der Waals surface area contributed by atoms with Crippen molar-refractivity contribution < 1.29 is 9.84 Å². The average molecular weight is 458 g/mol. The first-order valence-electron chi connectivity index (χ1n) is 11.3. The van der Waals surface area contributed by atoms with Gasteiger partial charge in [0.05, 0.1) is 5.39 Å². The lowest BCUT2D eigenvalue weighted by atomic mass is 10.0. The molecule has 8 heteroatoms. The van der Waals surface area contributed by atoms with E-state index in [0.29, 0.717) is 23.2 Å². The molecule has 1 aliphatic rings. The van der Waals surface area contributed by atoms with Gasteiger partial charge in [-0.25, -0.2) is 5.10 Å². The summed E-state index contributed by atoms with van der Waals surface area (Å²) in [6.45, 7) is 5.07. The van der Waals surface area contributed by atoms with Gasteiger partial charge in [0.15, 0.2) is 5.82 Å². The summed E-state index contributed by atoms with van der Waals surface area (Å²) in [5.41, 5.74) is 8.19. The van der Waals surface area contributed by atoms with Gasteiger partial charge in [0.25, 0.3) is 5.56 Å². The molecule has 1 fully saturated rings. The topological polar surface area (TPSA) is 109 Å². The highest BCUT2D eigenvalue weighted by Crippen LogP contribution is 2.36. The number of aromatic nitrogens is 3. The van der Waals surface area contributed by atoms with Crippen LogP contribution >= 0.6 is 0 Å². The third-order valence-corrected chi connectivity index (χ3v) is 6.33. The molecule has 1 unspecified atom stereocenters. The van der Waals surface area contributed by atoms with Gasteiger partial charge in [-0.3, -0.25) is 9.69 Å². The number of hydrogen-bond acceptors (Lipinski definition) is 6. The molecule has 4 N–H and O–H groups in total. The minimum atomic E-state index is -0.716. The van der Waals surface area contributed by atoms with Crippen LogP contribution in [0.25, 0.3) is 22.0 Å². The Hall–Kier alpha value is -3.88. The quantitative estimate of drug-likeness (QED) is 0.379. The van der Waals surface area contributed by atoms with E-state index in [1.807, 2.05) is 70.3 Å². The van der Waals surface area contributed by atoms with Crippen molar-refractivity contribution in [3.63, 3.8) is 0 Å². The largest absolute Gasteiger partial charge is 0.457 e. The van der Waals surface area contributed by atoms with Crippen molar-refractivity contribution in [2.45, 2.75) is 25.1 Å². The van der Waals surface area contributed by atoms with Crippen molar-refractivity contribution in [3.05, 3.63) is 83.8 Å². The van der Waals surface area contributed by atoms with Crippen molar-refractivity contribution in [1.29, 1.82) is 0 Å². The Labute approximate surface area is 196 Å². The van der Waals surface area contributed by atoms with Crippen LogP contribution in [0.5, 0.6) is 11.5 Å². The Bertz CT molecular complexity index is 1360. The zero-order valence-electron chi connectivity index (χ0n) is 18.7. The molecule has 5 rings (SSSR count). The second kappa shape index (κ2) is 9.17. The van der Waals surface area contributed by atoms with Crippen LogP contribution in [0.4, 0.5) is 5.82 Å². The fraction of sp³-hybridized carbons (Fsp3) is 0.231. The number of nitrogen functional groups attached to an aromatic ring is 1. The van der Waals surface area contributed by atoms with E-state index in [1.165, 1.54) is 6.08 Å². The maximum atomic E-state index is 12.9. The normalized spacial score (nSPS) is 17.5. The Balaban J connectivity index is 1.54. The summed E-state index contributed by atoms with van der Waals surface area (Å²) >= 11 is 0. The summed E-state index contributed by atoms with van der Waals surface area (Å²) in [5.74, 6) is 1.74. The number of benzene rings is 2. The number of likely N-dealkylation sites (tertiary alicyclic amines) is 1. The molecular formula is C26H27N5O3. The van der Waals surface area contributed by atoms with Gasteiger partial charge in [0, 0.05) is 30.9 Å². The third kappa shape index (κ3) is 4.09. The highest BCUT2D eigenvalue weighted by molar-refractivity contribution is 6.02. The number of para-hydroxylation sites is 1. The van der Waals surface area contributed by atoms with E-state index >= 15 is 0 Å². The minimum Gasteiger partial charge on any atom is -0.457 e. The smallest absolute Gasteiger partial charge is 0.288 e. The fourth-order valence-corrected chi connectivity index (χ4v) is 4.67. The highest BCUT2D eigenvalue weighted by Gasteiger charge is 2.28. The number of aliphatic hydroxyl groups excluding tert-OH is 1. The molecule has 0 spiro atoms. The number of aromatic amines is 1. The number of rotatable bonds is 6. The zero-order chi connectivity index (χ0) is 23.7. The van der Waals surface area contributed by atoms with Crippen molar-refractivity contribution in [1.82, 2.24) is 19.7 Å². The monoisotopic (exact) mass is 457 g/mol. The Morgan fingerprint density at radius 1 is 1.18 bits per heavy atom. The summed E-state index contributed by atoms with van der Waals surface area (Å²) in [7, 11) is 0. The van der Waals surface area contributed by atoms with Gasteiger partial charge in [0.2, 0.25) is 0 Å². The number of nitrogens with two attached hydrogens (primary N) is 1. The molecule has 1 saturated heterocycles. The summed E-state index contributed by atoms with van der Waals surface area (Å²) < 4.78 is 7.89. The van der Waals surface area contributed by atoms with Crippen LogP contribution in [-0.4, -0.2) is 44.1 Å². The molecule has 0 amide bonds. The predicted octanol–water partition coefficient (Wildman–Crippen LogP) is 3.91. The van der Waals surface area contributed by atoms with Gasteiger partial charge < -0.3 is 20.1 Å². The van der Waals surface area contributed by atoms with Gasteiger partial charge in [0.1, 0.15) is 23.2 Å². The molecule has 2 aromatic heterocycles. The Morgan fingerprint density at radius 3 is 2.65 bits per heavy atom.